The van der Waals surface area contributed by atoms with Gasteiger partial charge < -0.3 is 4.74 Å². The monoisotopic (exact) mass is 437 g/mol. The van der Waals surface area contributed by atoms with Crippen molar-refractivity contribution in [2.24, 2.45) is 0 Å². The highest BCUT2D eigenvalue weighted by molar-refractivity contribution is 7.89. The third-order valence-electron chi connectivity index (χ3n) is 4.32. The summed E-state index contributed by atoms with van der Waals surface area (Å²) in [6.45, 7) is 0.721. The van der Waals surface area contributed by atoms with Crippen LogP contribution in [0.1, 0.15) is 23.2 Å². The van der Waals surface area contributed by atoms with Gasteiger partial charge in [-0.2, -0.15) is 4.31 Å². The number of hydrogen-bond acceptors (Lipinski definition) is 5. The van der Waals surface area contributed by atoms with E-state index >= 15 is 0 Å². The number of sulfonamides is 1. The summed E-state index contributed by atoms with van der Waals surface area (Å²) in [5.41, 5.74) is 4.71. The van der Waals surface area contributed by atoms with E-state index in [0.717, 1.165) is 12.8 Å². The number of ether oxygens (including phenoxy) is 1. The minimum absolute atomic E-state index is 0.136. The van der Waals surface area contributed by atoms with Crippen LogP contribution in [0.25, 0.3) is 0 Å². The Hall–Kier alpha value is -2.62. The lowest BCUT2D eigenvalue weighted by Gasteiger charge is -2.15. The number of carbonyl (C=O) groups is 2. The molecule has 1 aliphatic heterocycles. The van der Waals surface area contributed by atoms with Gasteiger partial charge in [-0.15, -0.1) is 0 Å². The predicted octanol–water partition coefficient (Wildman–Crippen LogP) is 1.96. The Bertz CT molecular complexity index is 972. The fourth-order valence-electron chi connectivity index (χ4n) is 2.77. The van der Waals surface area contributed by atoms with E-state index in [1.165, 1.54) is 28.6 Å². The van der Waals surface area contributed by atoms with Crippen LogP contribution in [0.5, 0.6) is 5.75 Å². The zero-order valence-corrected chi connectivity index (χ0v) is 17.0. The summed E-state index contributed by atoms with van der Waals surface area (Å²) in [6, 6.07) is 12.1. The molecule has 0 atom stereocenters. The van der Waals surface area contributed by atoms with Gasteiger partial charge in [0.15, 0.2) is 6.61 Å². The Morgan fingerprint density at radius 3 is 2.21 bits per heavy atom. The Labute approximate surface area is 173 Å². The summed E-state index contributed by atoms with van der Waals surface area (Å²) >= 11 is 5.77. The zero-order valence-electron chi connectivity index (χ0n) is 15.4. The third kappa shape index (κ3) is 5.47. The third-order valence-corrected chi connectivity index (χ3v) is 6.48. The van der Waals surface area contributed by atoms with Gasteiger partial charge in [-0.25, -0.2) is 8.42 Å². The Morgan fingerprint density at radius 1 is 0.966 bits per heavy atom. The molecule has 3 rings (SSSR count). The highest BCUT2D eigenvalue weighted by Crippen LogP contribution is 2.21. The molecule has 1 heterocycles. The molecule has 29 heavy (non-hydrogen) atoms. The first-order chi connectivity index (χ1) is 13.9. The van der Waals surface area contributed by atoms with Crippen molar-refractivity contribution in [3.05, 3.63) is 59.1 Å². The number of nitrogens with one attached hydrogen (secondary N) is 2. The predicted molar refractivity (Wildman–Crippen MR) is 107 cm³/mol. The van der Waals surface area contributed by atoms with Crippen molar-refractivity contribution in [1.29, 1.82) is 0 Å². The van der Waals surface area contributed by atoms with Crippen LogP contribution in [0, 0.1) is 0 Å². The van der Waals surface area contributed by atoms with Crippen molar-refractivity contribution in [2.75, 3.05) is 19.7 Å². The first-order valence-electron chi connectivity index (χ1n) is 8.94. The maximum absolute atomic E-state index is 12.5. The van der Waals surface area contributed by atoms with Crippen molar-refractivity contribution in [3.8, 4) is 5.75 Å². The normalized spacial score (nSPS) is 14.4. The number of rotatable bonds is 6. The van der Waals surface area contributed by atoms with Crippen LogP contribution >= 0.6 is 11.6 Å². The van der Waals surface area contributed by atoms with Crippen molar-refractivity contribution in [2.45, 2.75) is 17.7 Å². The quantitative estimate of drug-likeness (QED) is 0.672. The van der Waals surface area contributed by atoms with E-state index in [9.17, 15) is 18.0 Å². The van der Waals surface area contributed by atoms with Crippen molar-refractivity contribution < 1.29 is 22.7 Å². The molecule has 0 radical (unpaired) electrons. The lowest BCUT2D eigenvalue weighted by molar-refractivity contribution is -0.123. The van der Waals surface area contributed by atoms with E-state index < -0.39 is 21.8 Å². The SMILES string of the molecule is O=C(COc1ccc(Cl)cc1)NNC(=O)c1ccc(S(=O)(=O)N2CCCC2)cc1. The van der Waals surface area contributed by atoms with Crippen LogP contribution in [0.15, 0.2) is 53.4 Å². The molecular weight excluding hydrogens is 418 g/mol. The van der Waals surface area contributed by atoms with E-state index in [0.29, 0.717) is 23.9 Å². The number of nitrogens with zero attached hydrogens (tertiary/aromatic N) is 1. The molecule has 0 unspecified atom stereocenters. The van der Waals surface area contributed by atoms with Crippen LogP contribution in [0.3, 0.4) is 0 Å². The maximum atomic E-state index is 12.5. The molecule has 0 saturated carbocycles. The summed E-state index contributed by atoms with van der Waals surface area (Å²) < 4.78 is 31.7. The molecule has 0 bridgehead atoms. The van der Waals surface area contributed by atoms with Gasteiger partial charge in [-0.05, 0) is 61.4 Å². The highest BCUT2D eigenvalue weighted by atomic mass is 35.5. The molecule has 0 spiro atoms. The van der Waals surface area contributed by atoms with Crippen molar-refractivity contribution in [1.82, 2.24) is 15.2 Å². The second-order valence-corrected chi connectivity index (χ2v) is 8.75. The molecule has 0 aromatic heterocycles. The molecule has 1 fully saturated rings. The summed E-state index contributed by atoms with van der Waals surface area (Å²) in [6.07, 6.45) is 1.70. The topological polar surface area (TPSA) is 105 Å². The van der Waals surface area contributed by atoms with Crippen LogP contribution in [-0.4, -0.2) is 44.2 Å². The smallest absolute Gasteiger partial charge is 0.276 e. The molecule has 0 aliphatic carbocycles. The van der Waals surface area contributed by atoms with Crippen LogP contribution < -0.4 is 15.6 Å². The van der Waals surface area contributed by atoms with E-state index in [4.69, 9.17) is 16.3 Å². The standard InChI is InChI=1S/C19H20ClN3O5S/c20-15-5-7-16(8-6-15)28-13-18(24)21-22-19(25)14-3-9-17(10-4-14)29(26,27)23-11-1-2-12-23/h3-10H,1-2,11-13H2,(H,21,24)(H,22,25). The number of benzene rings is 2. The fraction of sp³-hybridized carbons (Fsp3) is 0.263. The van der Waals surface area contributed by atoms with E-state index in [1.54, 1.807) is 24.3 Å². The molecule has 2 aromatic rings. The van der Waals surface area contributed by atoms with Crippen molar-refractivity contribution >= 4 is 33.4 Å². The van der Waals surface area contributed by atoms with Gasteiger partial charge in [0.05, 0.1) is 4.90 Å². The van der Waals surface area contributed by atoms with Gasteiger partial charge in [0.2, 0.25) is 10.0 Å². The summed E-state index contributed by atoms with van der Waals surface area (Å²) in [5, 5.41) is 0.549. The maximum Gasteiger partial charge on any atom is 0.276 e. The Balaban J connectivity index is 1.50. The van der Waals surface area contributed by atoms with Gasteiger partial charge in [-0.3, -0.25) is 20.4 Å². The average molecular weight is 438 g/mol. The minimum atomic E-state index is -3.54. The molecule has 2 N–H and O–H groups in total. The molecule has 8 nitrogen and oxygen atoms in total. The molecule has 154 valence electrons. The lowest BCUT2D eigenvalue weighted by Crippen LogP contribution is -2.43. The van der Waals surface area contributed by atoms with Gasteiger partial charge in [0, 0.05) is 23.7 Å². The number of hydrogen-bond donors (Lipinski definition) is 2. The summed E-state index contributed by atoms with van der Waals surface area (Å²) in [5.74, 6) is -0.665. The van der Waals surface area contributed by atoms with Gasteiger partial charge in [0.1, 0.15) is 5.75 Å². The fourth-order valence-corrected chi connectivity index (χ4v) is 4.41. The van der Waals surface area contributed by atoms with E-state index in [2.05, 4.69) is 10.9 Å². The van der Waals surface area contributed by atoms with E-state index in [-0.39, 0.29) is 17.1 Å². The molecule has 10 heteroatoms. The largest absolute Gasteiger partial charge is 0.484 e. The molecule has 1 saturated heterocycles. The molecular formula is C19H20ClN3O5S. The molecule has 2 aromatic carbocycles. The Morgan fingerprint density at radius 2 is 1.59 bits per heavy atom. The second kappa shape index (κ2) is 9.25. The second-order valence-electron chi connectivity index (χ2n) is 6.38. The number of amides is 2. The van der Waals surface area contributed by atoms with Gasteiger partial charge >= 0.3 is 0 Å². The van der Waals surface area contributed by atoms with Gasteiger partial charge in [-0.1, -0.05) is 11.6 Å². The number of hydrazine groups is 1. The van der Waals surface area contributed by atoms with E-state index in [1.807, 2.05) is 0 Å². The zero-order chi connectivity index (χ0) is 20.9. The highest BCUT2D eigenvalue weighted by Gasteiger charge is 2.27. The van der Waals surface area contributed by atoms with Gasteiger partial charge in [0.25, 0.3) is 11.8 Å². The van der Waals surface area contributed by atoms with Crippen LogP contribution in [0.4, 0.5) is 0 Å². The molecule has 1 aliphatic rings. The average Bonchev–Trinajstić information content (AvgIpc) is 3.27. The first-order valence-corrected chi connectivity index (χ1v) is 10.8. The van der Waals surface area contributed by atoms with Crippen molar-refractivity contribution in [3.63, 3.8) is 0 Å². The number of carbonyl (C=O) groups excluding carboxylic acids is 2. The first kappa shape index (κ1) is 21.1. The minimum Gasteiger partial charge on any atom is -0.484 e. The molecule has 2 amide bonds. The van der Waals surface area contributed by atoms with Crippen LogP contribution in [0.2, 0.25) is 5.02 Å². The lowest BCUT2D eigenvalue weighted by atomic mass is 10.2. The summed E-state index contributed by atoms with van der Waals surface area (Å²) in [4.78, 5) is 24.1. The Kier molecular flexibility index (Phi) is 6.73. The van der Waals surface area contributed by atoms with Crippen LogP contribution in [-0.2, 0) is 14.8 Å². The number of halogens is 1. The summed E-state index contributed by atoms with van der Waals surface area (Å²) in [7, 11) is -3.54.